The summed E-state index contributed by atoms with van der Waals surface area (Å²) in [5.74, 6) is 0.895. The number of aromatic nitrogens is 1. The van der Waals surface area contributed by atoms with Gasteiger partial charge in [-0.15, -0.1) is 0 Å². The number of rotatable bonds is 8. The fraction of sp³-hybridized carbons (Fsp3) is 0.200. The van der Waals surface area contributed by atoms with Gasteiger partial charge in [0.05, 0.1) is 17.0 Å². The first kappa shape index (κ1) is 19.1. The standard InChI is InChI=1S/C20H20N4O4/c1-14-17(23-20(28-14)15-7-3-2-4-8-15)13-19(25)22-12-11-21-16-9-5-6-10-18(16)24(26)27/h2-10,21H,11-13H2,1H3,(H,22,25). The second-order valence-electron chi connectivity index (χ2n) is 6.12. The molecule has 0 spiro atoms. The lowest BCUT2D eigenvalue weighted by atomic mass is 10.2. The van der Waals surface area contributed by atoms with Crippen LogP contribution in [0.25, 0.3) is 11.5 Å². The van der Waals surface area contributed by atoms with Crippen molar-refractivity contribution in [1.82, 2.24) is 10.3 Å². The van der Waals surface area contributed by atoms with Gasteiger partial charge in [-0.1, -0.05) is 30.3 Å². The Bertz CT molecular complexity index is 969. The Morgan fingerprint density at radius 1 is 1.11 bits per heavy atom. The number of benzene rings is 2. The maximum absolute atomic E-state index is 12.2. The molecule has 3 rings (SSSR count). The van der Waals surface area contributed by atoms with Gasteiger partial charge < -0.3 is 15.1 Å². The minimum absolute atomic E-state index is 0.000454. The van der Waals surface area contributed by atoms with Gasteiger partial charge in [0.1, 0.15) is 11.4 Å². The van der Waals surface area contributed by atoms with Gasteiger partial charge in [0.2, 0.25) is 11.8 Å². The molecule has 8 nitrogen and oxygen atoms in total. The largest absolute Gasteiger partial charge is 0.441 e. The van der Waals surface area contributed by atoms with E-state index in [1.807, 2.05) is 30.3 Å². The number of amides is 1. The molecular formula is C20H20N4O4. The van der Waals surface area contributed by atoms with Crippen LogP contribution in [0, 0.1) is 17.0 Å². The fourth-order valence-corrected chi connectivity index (χ4v) is 2.69. The molecule has 3 aromatic rings. The first-order valence-corrected chi connectivity index (χ1v) is 8.80. The molecule has 144 valence electrons. The number of nitrogens with one attached hydrogen (secondary N) is 2. The molecule has 0 unspecified atom stereocenters. The van der Waals surface area contributed by atoms with Gasteiger partial charge in [0, 0.05) is 24.7 Å². The zero-order chi connectivity index (χ0) is 19.9. The van der Waals surface area contributed by atoms with E-state index < -0.39 is 4.92 Å². The van der Waals surface area contributed by atoms with Crippen LogP contribution in [-0.2, 0) is 11.2 Å². The Labute approximate surface area is 161 Å². The van der Waals surface area contributed by atoms with Crippen molar-refractivity contribution in [3.63, 3.8) is 0 Å². The van der Waals surface area contributed by atoms with Crippen LogP contribution in [0.4, 0.5) is 11.4 Å². The van der Waals surface area contributed by atoms with Crippen LogP contribution in [0.15, 0.2) is 59.0 Å². The summed E-state index contributed by atoms with van der Waals surface area (Å²) in [5.41, 5.74) is 1.86. The molecule has 0 aliphatic heterocycles. The fourth-order valence-electron chi connectivity index (χ4n) is 2.69. The van der Waals surface area contributed by atoms with Gasteiger partial charge in [-0.05, 0) is 25.1 Å². The lowest BCUT2D eigenvalue weighted by molar-refractivity contribution is -0.384. The van der Waals surface area contributed by atoms with Crippen LogP contribution >= 0.6 is 0 Å². The second kappa shape index (κ2) is 8.81. The van der Waals surface area contributed by atoms with E-state index in [-0.39, 0.29) is 18.0 Å². The summed E-state index contributed by atoms with van der Waals surface area (Å²) in [6.07, 6.45) is 0.105. The first-order chi connectivity index (χ1) is 13.5. The highest BCUT2D eigenvalue weighted by Gasteiger charge is 2.15. The van der Waals surface area contributed by atoms with Crippen molar-refractivity contribution in [2.75, 3.05) is 18.4 Å². The van der Waals surface area contributed by atoms with Crippen LogP contribution in [0.2, 0.25) is 0 Å². The number of carbonyl (C=O) groups excluding carboxylic acids is 1. The Morgan fingerprint density at radius 2 is 1.82 bits per heavy atom. The number of hydrogen-bond donors (Lipinski definition) is 2. The third kappa shape index (κ3) is 4.73. The van der Waals surface area contributed by atoms with Crippen LogP contribution in [0.3, 0.4) is 0 Å². The Kier molecular flexibility index (Phi) is 6.01. The molecule has 1 heterocycles. The summed E-state index contributed by atoms with van der Waals surface area (Å²) in [6.45, 7) is 2.47. The number of para-hydroxylation sites is 2. The van der Waals surface area contributed by atoms with Crippen molar-refractivity contribution in [2.45, 2.75) is 13.3 Å². The number of anilines is 1. The van der Waals surface area contributed by atoms with Crippen molar-refractivity contribution in [1.29, 1.82) is 0 Å². The number of oxazole rings is 1. The minimum atomic E-state index is -0.446. The monoisotopic (exact) mass is 380 g/mol. The molecule has 0 saturated heterocycles. The summed E-state index contributed by atoms with van der Waals surface area (Å²) in [7, 11) is 0. The number of nitrogens with zero attached hydrogens (tertiary/aromatic N) is 2. The Balaban J connectivity index is 1.50. The van der Waals surface area contributed by atoms with Crippen molar-refractivity contribution in [2.24, 2.45) is 0 Å². The van der Waals surface area contributed by atoms with E-state index in [1.54, 1.807) is 25.1 Å². The molecule has 2 N–H and O–H groups in total. The van der Waals surface area contributed by atoms with Gasteiger partial charge in [-0.25, -0.2) is 4.98 Å². The Hall–Kier alpha value is -3.68. The van der Waals surface area contributed by atoms with Crippen LogP contribution in [-0.4, -0.2) is 28.9 Å². The molecule has 1 aromatic heterocycles. The van der Waals surface area contributed by atoms with E-state index in [0.717, 1.165) is 5.56 Å². The van der Waals surface area contributed by atoms with Gasteiger partial charge in [0.15, 0.2) is 0 Å². The van der Waals surface area contributed by atoms with Crippen LogP contribution in [0.5, 0.6) is 0 Å². The molecule has 28 heavy (non-hydrogen) atoms. The van der Waals surface area contributed by atoms with Crippen molar-refractivity contribution in [3.05, 3.63) is 76.2 Å². The summed E-state index contributed by atoms with van der Waals surface area (Å²) >= 11 is 0. The zero-order valence-corrected chi connectivity index (χ0v) is 15.3. The molecular weight excluding hydrogens is 360 g/mol. The smallest absolute Gasteiger partial charge is 0.292 e. The van der Waals surface area contributed by atoms with Crippen LogP contribution in [0.1, 0.15) is 11.5 Å². The summed E-state index contributed by atoms with van der Waals surface area (Å²) in [4.78, 5) is 27.1. The van der Waals surface area contributed by atoms with E-state index in [0.29, 0.717) is 36.1 Å². The molecule has 0 atom stereocenters. The number of nitro benzene ring substituents is 1. The lowest BCUT2D eigenvalue weighted by Gasteiger charge is -2.08. The highest BCUT2D eigenvalue weighted by Crippen LogP contribution is 2.23. The van der Waals surface area contributed by atoms with E-state index >= 15 is 0 Å². The van der Waals surface area contributed by atoms with Gasteiger partial charge in [-0.3, -0.25) is 14.9 Å². The maximum atomic E-state index is 12.2. The summed E-state index contributed by atoms with van der Waals surface area (Å²) < 4.78 is 5.65. The molecule has 0 aliphatic rings. The number of nitro groups is 1. The number of aryl methyl sites for hydroxylation is 1. The third-order valence-corrected chi connectivity index (χ3v) is 4.10. The average Bonchev–Trinajstić information content (AvgIpc) is 3.06. The van der Waals surface area contributed by atoms with E-state index in [1.165, 1.54) is 6.07 Å². The highest BCUT2D eigenvalue weighted by molar-refractivity contribution is 5.78. The van der Waals surface area contributed by atoms with Crippen molar-refractivity contribution < 1.29 is 14.1 Å². The second-order valence-corrected chi connectivity index (χ2v) is 6.12. The average molecular weight is 380 g/mol. The molecule has 0 bridgehead atoms. The van der Waals surface area contributed by atoms with Gasteiger partial charge >= 0.3 is 0 Å². The molecule has 0 radical (unpaired) electrons. The van der Waals surface area contributed by atoms with Crippen LogP contribution < -0.4 is 10.6 Å². The normalized spacial score (nSPS) is 10.5. The zero-order valence-electron chi connectivity index (χ0n) is 15.3. The minimum Gasteiger partial charge on any atom is -0.441 e. The molecule has 8 heteroatoms. The van der Waals surface area contributed by atoms with Gasteiger partial charge in [-0.2, -0.15) is 0 Å². The topological polar surface area (TPSA) is 110 Å². The first-order valence-electron chi connectivity index (χ1n) is 8.80. The SMILES string of the molecule is Cc1oc(-c2ccccc2)nc1CC(=O)NCCNc1ccccc1[N+](=O)[O-]. The Morgan fingerprint density at radius 3 is 2.57 bits per heavy atom. The lowest BCUT2D eigenvalue weighted by Crippen LogP contribution is -2.30. The molecule has 1 amide bonds. The molecule has 0 fully saturated rings. The predicted molar refractivity (Wildman–Crippen MR) is 105 cm³/mol. The summed E-state index contributed by atoms with van der Waals surface area (Å²) in [6, 6.07) is 15.9. The van der Waals surface area contributed by atoms with Gasteiger partial charge in [0.25, 0.3) is 5.69 Å². The van der Waals surface area contributed by atoms with E-state index in [2.05, 4.69) is 15.6 Å². The summed E-state index contributed by atoms with van der Waals surface area (Å²) in [5, 5.41) is 16.7. The third-order valence-electron chi connectivity index (χ3n) is 4.10. The molecule has 0 aliphatic carbocycles. The number of hydrogen-bond acceptors (Lipinski definition) is 6. The maximum Gasteiger partial charge on any atom is 0.292 e. The van der Waals surface area contributed by atoms with Crippen molar-refractivity contribution in [3.8, 4) is 11.5 Å². The predicted octanol–water partition coefficient (Wildman–Crippen LogP) is 3.33. The molecule has 2 aromatic carbocycles. The van der Waals surface area contributed by atoms with E-state index in [9.17, 15) is 14.9 Å². The quantitative estimate of drug-likeness (QED) is 0.352. The highest BCUT2D eigenvalue weighted by atomic mass is 16.6. The van der Waals surface area contributed by atoms with Crippen molar-refractivity contribution >= 4 is 17.3 Å². The molecule has 0 saturated carbocycles. The van der Waals surface area contributed by atoms with E-state index in [4.69, 9.17) is 4.42 Å². The number of carbonyl (C=O) groups is 1.